The summed E-state index contributed by atoms with van der Waals surface area (Å²) >= 11 is 0. The molecule has 0 bridgehead atoms. The largest absolute Gasteiger partial charge is 0.383 e. The number of hydrogen-bond donors (Lipinski definition) is 2. The van der Waals surface area contributed by atoms with Gasteiger partial charge in [0.15, 0.2) is 0 Å². The Labute approximate surface area is 129 Å². The van der Waals surface area contributed by atoms with Gasteiger partial charge in [-0.15, -0.1) is 0 Å². The van der Waals surface area contributed by atoms with Crippen molar-refractivity contribution >= 4 is 17.4 Å². The second-order valence-electron chi connectivity index (χ2n) is 4.87. The molecular formula is C16H20N4O2. The lowest BCUT2D eigenvalue weighted by Crippen LogP contribution is -2.17. The first-order valence-electron chi connectivity index (χ1n) is 7.05. The first-order valence-corrected chi connectivity index (χ1v) is 7.05. The van der Waals surface area contributed by atoms with E-state index in [1.807, 2.05) is 31.2 Å². The van der Waals surface area contributed by atoms with E-state index in [2.05, 4.69) is 20.6 Å². The van der Waals surface area contributed by atoms with Gasteiger partial charge in [-0.3, -0.25) is 4.79 Å². The number of ether oxygens (including phenoxy) is 1. The Kier molecular flexibility index (Phi) is 5.43. The van der Waals surface area contributed by atoms with Crippen LogP contribution in [0.3, 0.4) is 0 Å². The standard InChI is InChI=1S/C16H20N4O2/c1-11-6-4-5-7-13(11)20-16(21)14-10-15(17-8-9-22-3)19-12(2)18-14/h4-7,10H,8-9H2,1-3H3,(H,20,21)(H,17,18,19). The minimum Gasteiger partial charge on any atom is -0.383 e. The smallest absolute Gasteiger partial charge is 0.274 e. The zero-order valence-electron chi connectivity index (χ0n) is 13.0. The molecule has 2 aromatic rings. The summed E-state index contributed by atoms with van der Waals surface area (Å²) in [4.78, 5) is 20.8. The molecule has 2 rings (SSSR count). The molecule has 0 saturated heterocycles. The van der Waals surface area contributed by atoms with E-state index in [-0.39, 0.29) is 5.91 Å². The number of carbonyl (C=O) groups is 1. The molecule has 2 N–H and O–H groups in total. The zero-order valence-corrected chi connectivity index (χ0v) is 13.0. The van der Waals surface area contributed by atoms with Gasteiger partial charge in [-0.05, 0) is 25.5 Å². The van der Waals surface area contributed by atoms with E-state index in [1.165, 1.54) is 0 Å². The Morgan fingerprint density at radius 1 is 1.23 bits per heavy atom. The Morgan fingerprint density at radius 2 is 2.00 bits per heavy atom. The summed E-state index contributed by atoms with van der Waals surface area (Å²) < 4.78 is 4.98. The second-order valence-corrected chi connectivity index (χ2v) is 4.87. The van der Waals surface area contributed by atoms with Gasteiger partial charge in [-0.1, -0.05) is 18.2 Å². The van der Waals surface area contributed by atoms with Crippen LogP contribution in [0.25, 0.3) is 0 Å². The van der Waals surface area contributed by atoms with E-state index in [1.54, 1.807) is 20.1 Å². The summed E-state index contributed by atoms with van der Waals surface area (Å²) in [5.74, 6) is 0.895. The molecule has 1 amide bonds. The van der Waals surface area contributed by atoms with Crippen LogP contribution in [-0.4, -0.2) is 36.1 Å². The van der Waals surface area contributed by atoms with Crippen molar-refractivity contribution in [1.29, 1.82) is 0 Å². The summed E-state index contributed by atoms with van der Waals surface area (Å²) in [6.07, 6.45) is 0. The number of anilines is 2. The lowest BCUT2D eigenvalue weighted by molar-refractivity contribution is 0.102. The number of carbonyl (C=O) groups excluding carboxylic acids is 1. The first-order chi connectivity index (χ1) is 10.6. The number of rotatable bonds is 6. The minimum atomic E-state index is -0.255. The van der Waals surface area contributed by atoms with Gasteiger partial charge in [0, 0.05) is 25.4 Å². The molecular weight excluding hydrogens is 280 g/mol. The molecule has 6 nitrogen and oxygen atoms in total. The van der Waals surface area contributed by atoms with Crippen LogP contribution in [0.15, 0.2) is 30.3 Å². The fraction of sp³-hybridized carbons (Fsp3) is 0.312. The van der Waals surface area contributed by atoms with Crippen molar-refractivity contribution in [1.82, 2.24) is 9.97 Å². The van der Waals surface area contributed by atoms with E-state index < -0.39 is 0 Å². The highest BCUT2D eigenvalue weighted by Gasteiger charge is 2.11. The van der Waals surface area contributed by atoms with E-state index in [9.17, 15) is 4.79 Å². The van der Waals surface area contributed by atoms with Gasteiger partial charge < -0.3 is 15.4 Å². The Hall–Kier alpha value is -2.47. The number of nitrogens with zero attached hydrogens (tertiary/aromatic N) is 2. The summed E-state index contributed by atoms with van der Waals surface area (Å²) in [6.45, 7) is 4.88. The maximum absolute atomic E-state index is 12.3. The number of benzene rings is 1. The third-order valence-corrected chi connectivity index (χ3v) is 3.08. The first kappa shape index (κ1) is 15.9. The van der Waals surface area contributed by atoms with Crippen molar-refractivity contribution < 1.29 is 9.53 Å². The van der Waals surface area contributed by atoms with E-state index in [0.717, 1.165) is 11.3 Å². The number of methoxy groups -OCH3 is 1. The predicted molar refractivity (Wildman–Crippen MR) is 86.3 cm³/mol. The van der Waals surface area contributed by atoms with Crippen LogP contribution in [0.1, 0.15) is 21.9 Å². The Morgan fingerprint density at radius 3 is 2.73 bits per heavy atom. The van der Waals surface area contributed by atoms with Crippen LogP contribution in [0.5, 0.6) is 0 Å². The van der Waals surface area contributed by atoms with Gasteiger partial charge >= 0.3 is 0 Å². The number of aromatic nitrogens is 2. The monoisotopic (exact) mass is 300 g/mol. The van der Waals surface area contributed by atoms with Crippen LogP contribution in [-0.2, 0) is 4.74 Å². The van der Waals surface area contributed by atoms with Crippen molar-refractivity contribution in [3.8, 4) is 0 Å². The van der Waals surface area contributed by atoms with Crippen molar-refractivity contribution in [3.05, 3.63) is 47.4 Å². The third-order valence-electron chi connectivity index (χ3n) is 3.08. The van der Waals surface area contributed by atoms with Crippen LogP contribution in [0, 0.1) is 13.8 Å². The number of amides is 1. The average Bonchev–Trinajstić information content (AvgIpc) is 2.49. The van der Waals surface area contributed by atoms with Gasteiger partial charge in [-0.2, -0.15) is 0 Å². The van der Waals surface area contributed by atoms with Crippen LogP contribution < -0.4 is 10.6 Å². The van der Waals surface area contributed by atoms with Crippen molar-refractivity contribution in [2.75, 3.05) is 30.9 Å². The quantitative estimate of drug-likeness (QED) is 0.801. The zero-order chi connectivity index (χ0) is 15.9. The molecule has 0 radical (unpaired) electrons. The lowest BCUT2D eigenvalue weighted by Gasteiger charge is -2.10. The highest BCUT2D eigenvalue weighted by Crippen LogP contribution is 2.15. The van der Waals surface area contributed by atoms with E-state index in [4.69, 9.17) is 4.74 Å². The normalized spacial score (nSPS) is 10.3. The molecule has 22 heavy (non-hydrogen) atoms. The summed E-state index contributed by atoms with van der Waals surface area (Å²) in [7, 11) is 1.63. The summed E-state index contributed by atoms with van der Waals surface area (Å²) in [5.41, 5.74) is 2.10. The SMILES string of the molecule is COCCNc1cc(C(=O)Nc2ccccc2C)nc(C)n1. The summed E-state index contributed by atoms with van der Waals surface area (Å²) in [5, 5.41) is 5.97. The van der Waals surface area contributed by atoms with Gasteiger partial charge in [0.2, 0.25) is 0 Å². The third kappa shape index (κ3) is 4.26. The van der Waals surface area contributed by atoms with Gasteiger partial charge in [0.1, 0.15) is 17.3 Å². The molecule has 0 aliphatic rings. The van der Waals surface area contributed by atoms with Crippen LogP contribution in [0.2, 0.25) is 0 Å². The van der Waals surface area contributed by atoms with Crippen molar-refractivity contribution in [3.63, 3.8) is 0 Å². The van der Waals surface area contributed by atoms with Crippen LogP contribution >= 0.6 is 0 Å². The fourth-order valence-corrected chi connectivity index (χ4v) is 1.96. The molecule has 0 atom stereocenters. The maximum atomic E-state index is 12.3. The lowest BCUT2D eigenvalue weighted by atomic mass is 10.2. The molecule has 1 aromatic carbocycles. The number of aryl methyl sites for hydroxylation is 2. The topological polar surface area (TPSA) is 76.1 Å². The molecule has 0 unspecified atom stereocenters. The summed E-state index contributed by atoms with van der Waals surface area (Å²) in [6, 6.07) is 9.25. The molecule has 0 spiro atoms. The highest BCUT2D eigenvalue weighted by atomic mass is 16.5. The van der Waals surface area contributed by atoms with E-state index in [0.29, 0.717) is 30.5 Å². The predicted octanol–water partition coefficient (Wildman–Crippen LogP) is 2.40. The molecule has 1 aromatic heterocycles. The van der Waals surface area contributed by atoms with Gasteiger partial charge in [0.05, 0.1) is 6.61 Å². The Balaban J connectivity index is 2.13. The van der Waals surface area contributed by atoms with Crippen molar-refractivity contribution in [2.24, 2.45) is 0 Å². The number of nitrogens with one attached hydrogen (secondary N) is 2. The highest BCUT2D eigenvalue weighted by molar-refractivity contribution is 6.03. The number of para-hydroxylation sites is 1. The number of hydrogen-bond acceptors (Lipinski definition) is 5. The fourth-order valence-electron chi connectivity index (χ4n) is 1.96. The molecule has 0 saturated carbocycles. The maximum Gasteiger partial charge on any atom is 0.274 e. The molecule has 1 heterocycles. The molecule has 0 aliphatic carbocycles. The van der Waals surface area contributed by atoms with Gasteiger partial charge in [0.25, 0.3) is 5.91 Å². The van der Waals surface area contributed by atoms with Gasteiger partial charge in [-0.25, -0.2) is 9.97 Å². The van der Waals surface area contributed by atoms with Crippen LogP contribution in [0.4, 0.5) is 11.5 Å². The second kappa shape index (κ2) is 7.51. The van der Waals surface area contributed by atoms with E-state index >= 15 is 0 Å². The molecule has 6 heteroatoms. The molecule has 116 valence electrons. The Bertz CT molecular complexity index is 658. The molecule has 0 aliphatic heterocycles. The van der Waals surface area contributed by atoms with Crippen molar-refractivity contribution in [2.45, 2.75) is 13.8 Å². The minimum absolute atomic E-state index is 0.255. The average molecular weight is 300 g/mol. The molecule has 0 fully saturated rings.